The Balaban J connectivity index is 0.000000265. The Hall–Kier alpha value is -6.28. The molecular formula is C52H68N8O9S2. The first kappa shape index (κ1) is 55.6. The molecule has 0 radical (unpaired) electrons. The molecule has 2 aliphatic heterocycles. The van der Waals surface area contributed by atoms with E-state index in [2.05, 4.69) is 31.9 Å². The van der Waals surface area contributed by atoms with Crippen LogP contribution < -0.4 is 36.6 Å². The van der Waals surface area contributed by atoms with Gasteiger partial charge in [-0.25, -0.2) is 9.59 Å². The number of methoxy groups -OCH3 is 1. The number of thioether (sulfide) groups is 2. The fraction of sp³-hybridized carbons (Fsp3) is 0.423. The summed E-state index contributed by atoms with van der Waals surface area (Å²) in [6.45, 7) is 14.0. The normalized spacial score (nSPS) is 18.3. The lowest BCUT2D eigenvalue weighted by Gasteiger charge is -2.32. The van der Waals surface area contributed by atoms with Crippen molar-refractivity contribution < 1.29 is 43.7 Å². The lowest BCUT2D eigenvalue weighted by Crippen LogP contribution is -2.58. The summed E-state index contributed by atoms with van der Waals surface area (Å²) in [7, 11) is 1.58. The summed E-state index contributed by atoms with van der Waals surface area (Å²) in [4.78, 5) is 80.0. The third-order valence-electron chi connectivity index (χ3n) is 12.3. The second-order valence-corrected chi connectivity index (χ2v) is 21.7. The number of benzene rings is 4. The lowest BCUT2D eigenvalue weighted by molar-refractivity contribution is -0.147. The van der Waals surface area contributed by atoms with Crippen LogP contribution in [0.1, 0.15) is 69.4 Å². The smallest absolute Gasteiger partial charge is 0.315 e. The number of nitrogens with zero attached hydrogens (tertiary/aromatic N) is 2. The molecule has 0 aromatic heterocycles. The maximum absolute atomic E-state index is 13.2. The van der Waals surface area contributed by atoms with E-state index in [9.17, 15) is 39.0 Å². The highest BCUT2D eigenvalue weighted by molar-refractivity contribution is 8.01. The van der Waals surface area contributed by atoms with Gasteiger partial charge in [0, 0.05) is 35.7 Å². The molecule has 6 rings (SSSR count). The standard InChI is InChI=1S/C27H36N4O5S.C25H32N4O4S/c1-17-8-6-7-9-20(17)15-28-24(33)23-27(3,4)37-16-31(23)25(34)22(32)18(2)30-26(35)29-14-19-10-12-21(36-5)13-11-19;1-17(28-24(33)27-15-19-12-8-5-9-13-19)20(30)23(32)29-16-34-25(2,3)21(29)22(31)26-14-18-10-6-4-7-11-18/h6-13,18,22-23,32H,14-16H2,1-5H3,(H,28,33)(H2,29,30,35);4-13,17,20-21,30H,14-16H2,1-3H3,(H,26,31)(H2,27,28,33). The highest BCUT2D eigenvalue weighted by Crippen LogP contribution is 2.41. The summed E-state index contributed by atoms with van der Waals surface area (Å²) in [6, 6.07) is 29.7. The van der Waals surface area contributed by atoms with Crippen LogP contribution in [0.15, 0.2) is 109 Å². The van der Waals surface area contributed by atoms with Crippen LogP contribution in [-0.2, 0) is 45.4 Å². The van der Waals surface area contributed by atoms with Crippen molar-refractivity contribution in [3.63, 3.8) is 0 Å². The summed E-state index contributed by atoms with van der Waals surface area (Å²) >= 11 is 2.95. The van der Waals surface area contributed by atoms with Crippen molar-refractivity contribution >= 4 is 59.2 Å². The molecule has 2 fully saturated rings. The molecule has 4 aromatic rings. The van der Waals surface area contributed by atoms with Crippen LogP contribution in [-0.4, -0.2) is 120 Å². The molecule has 2 saturated heterocycles. The molecule has 0 bridgehead atoms. The molecule has 71 heavy (non-hydrogen) atoms. The molecule has 8 N–H and O–H groups in total. The van der Waals surface area contributed by atoms with Crippen molar-refractivity contribution in [1.29, 1.82) is 0 Å². The number of aliphatic hydroxyl groups excluding tert-OH is 2. The van der Waals surface area contributed by atoms with Crippen molar-refractivity contribution in [2.24, 2.45) is 0 Å². The van der Waals surface area contributed by atoms with Crippen LogP contribution in [0.2, 0.25) is 0 Å². The van der Waals surface area contributed by atoms with E-state index in [1.165, 1.54) is 33.3 Å². The predicted molar refractivity (Wildman–Crippen MR) is 277 cm³/mol. The summed E-state index contributed by atoms with van der Waals surface area (Å²) in [5.74, 6) is -0.488. The van der Waals surface area contributed by atoms with Gasteiger partial charge in [0.1, 0.15) is 17.8 Å². The second kappa shape index (κ2) is 25.7. The number of hydrogen-bond donors (Lipinski definition) is 8. The van der Waals surface area contributed by atoms with Gasteiger partial charge in [0.15, 0.2) is 12.2 Å². The van der Waals surface area contributed by atoms with E-state index in [-0.39, 0.29) is 30.1 Å². The Morgan fingerprint density at radius 3 is 1.38 bits per heavy atom. The van der Waals surface area contributed by atoms with Gasteiger partial charge in [-0.05, 0) is 88.4 Å². The molecule has 19 heteroatoms. The molecular weight excluding hydrogens is 945 g/mol. The van der Waals surface area contributed by atoms with Crippen LogP contribution in [0.4, 0.5) is 9.59 Å². The first-order valence-electron chi connectivity index (χ1n) is 23.4. The second-order valence-electron chi connectivity index (χ2n) is 18.5. The summed E-state index contributed by atoms with van der Waals surface area (Å²) < 4.78 is 4.05. The number of amides is 8. The zero-order chi connectivity index (χ0) is 51.9. The quantitative estimate of drug-likeness (QED) is 0.0718. The van der Waals surface area contributed by atoms with Gasteiger partial charge < -0.3 is 56.7 Å². The van der Waals surface area contributed by atoms with E-state index in [1.54, 1.807) is 33.1 Å². The minimum Gasteiger partial charge on any atom is -0.497 e. The minimum absolute atomic E-state index is 0.266. The first-order valence-corrected chi connectivity index (χ1v) is 25.3. The van der Waals surface area contributed by atoms with Gasteiger partial charge in [0.05, 0.1) is 30.9 Å². The summed E-state index contributed by atoms with van der Waals surface area (Å²) in [5, 5.41) is 38.0. The molecule has 0 saturated carbocycles. The van der Waals surface area contributed by atoms with Gasteiger partial charge in [-0.1, -0.05) is 97.1 Å². The van der Waals surface area contributed by atoms with Crippen molar-refractivity contribution in [3.05, 3.63) is 137 Å². The number of nitrogens with one attached hydrogen (secondary N) is 6. The number of ether oxygens (including phenoxy) is 1. The number of carbonyl (C=O) groups is 6. The largest absolute Gasteiger partial charge is 0.497 e. The van der Waals surface area contributed by atoms with Gasteiger partial charge in [-0.3, -0.25) is 19.2 Å². The van der Waals surface area contributed by atoms with Crippen LogP contribution >= 0.6 is 23.5 Å². The minimum atomic E-state index is -1.51. The SMILES string of the molecule is CC(NC(=O)NCc1ccccc1)C(O)C(=O)N1CSC(C)(C)C1C(=O)NCc1ccccc1.COc1ccc(CNC(=O)NC(C)C(O)C(=O)N2CSC(C)(C)C2C(=O)NCc2ccccc2C)cc1. The number of hydrogen-bond acceptors (Lipinski definition) is 11. The number of aryl methyl sites for hydroxylation is 1. The van der Waals surface area contributed by atoms with Crippen LogP contribution in [0.25, 0.3) is 0 Å². The molecule has 8 amide bonds. The average Bonchev–Trinajstić information content (AvgIpc) is 3.87. The number of rotatable bonds is 17. The van der Waals surface area contributed by atoms with E-state index in [1.807, 2.05) is 132 Å². The van der Waals surface area contributed by atoms with Crippen LogP contribution in [0.3, 0.4) is 0 Å². The highest BCUT2D eigenvalue weighted by atomic mass is 32.2. The summed E-state index contributed by atoms with van der Waals surface area (Å²) in [5.41, 5.74) is 4.82. The van der Waals surface area contributed by atoms with Gasteiger partial charge in [-0.15, -0.1) is 23.5 Å². The molecule has 2 heterocycles. The maximum atomic E-state index is 13.2. The monoisotopic (exact) mass is 1010 g/mol. The Labute approximate surface area is 425 Å². The molecule has 6 atom stereocenters. The first-order chi connectivity index (χ1) is 33.7. The van der Waals surface area contributed by atoms with E-state index >= 15 is 0 Å². The number of aliphatic hydroxyl groups is 2. The van der Waals surface area contributed by atoms with Crippen LogP contribution in [0.5, 0.6) is 5.75 Å². The van der Waals surface area contributed by atoms with E-state index < -0.39 is 69.7 Å². The van der Waals surface area contributed by atoms with Crippen molar-refractivity contribution in [3.8, 4) is 5.75 Å². The van der Waals surface area contributed by atoms with Crippen molar-refractivity contribution in [2.45, 2.75) is 121 Å². The number of carbonyl (C=O) groups excluding carboxylic acids is 6. The van der Waals surface area contributed by atoms with E-state index in [4.69, 9.17) is 4.74 Å². The van der Waals surface area contributed by atoms with Gasteiger partial charge in [0.25, 0.3) is 11.8 Å². The Morgan fingerprint density at radius 2 is 0.958 bits per heavy atom. The van der Waals surface area contributed by atoms with Crippen LogP contribution in [0, 0.1) is 6.92 Å². The molecule has 6 unspecified atom stereocenters. The molecule has 0 aliphatic carbocycles. The third kappa shape index (κ3) is 15.6. The molecule has 2 aliphatic rings. The van der Waals surface area contributed by atoms with Gasteiger partial charge >= 0.3 is 12.1 Å². The fourth-order valence-corrected chi connectivity index (χ4v) is 10.2. The molecule has 382 valence electrons. The van der Waals surface area contributed by atoms with Gasteiger partial charge in [-0.2, -0.15) is 0 Å². The molecule has 17 nitrogen and oxygen atoms in total. The van der Waals surface area contributed by atoms with Gasteiger partial charge in [0.2, 0.25) is 11.8 Å². The highest BCUT2D eigenvalue weighted by Gasteiger charge is 2.51. The predicted octanol–water partition coefficient (Wildman–Crippen LogP) is 4.78. The Kier molecular flexibility index (Phi) is 20.2. The Morgan fingerprint density at radius 1 is 0.577 bits per heavy atom. The average molecular weight is 1010 g/mol. The zero-order valence-electron chi connectivity index (χ0n) is 41.6. The maximum Gasteiger partial charge on any atom is 0.315 e. The number of urea groups is 2. The zero-order valence-corrected chi connectivity index (χ0v) is 43.2. The fourth-order valence-electron chi connectivity index (χ4n) is 7.94. The van der Waals surface area contributed by atoms with Crippen molar-refractivity contribution in [1.82, 2.24) is 41.7 Å². The van der Waals surface area contributed by atoms with Crippen molar-refractivity contribution in [2.75, 3.05) is 18.9 Å². The molecule has 0 spiro atoms. The van der Waals surface area contributed by atoms with E-state index in [0.717, 1.165) is 27.8 Å². The van der Waals surface area contributed by atoms with E-state index in [0.29, 0.717) is 25.4 Å². The summed E-state index contributed by atoms with van der Waals surface area (Å²) in [6.07, 6.45) is -2.99. The topological polar surface area (TPSA) is 231 Å². The lowest BCUT2D eigenvalue weighted by atomic mass is 9.99. The Bertz CT molecular complexity index is 2430. The molecule has 4 aromatic carbocycles. The third-order valence-corrected chi connectivity index (χ3v) is 15.0.